The summed E-state index contributed by atoms with van der Waals surface area (Å²) >= 11 is 3.30. The maximum absolute atomic E-state index is 11.4. The van der Waals surface area contributed by atoms with E-state index in [4.69, 9.17) is 4.74 Å². The summed E-state index contributed by atoms with van der Waals surface area (Å²) in [6, 6.07) is 5.12. The minimum absolute atomic E-state index is 0.184. The molecular formula is C9H11BrN2O2. The van der Waals surface area contributed by atoms with Crippen LogP contribution in [-0.2, 0) is 0 Å². The molecule has 0 unspecified atom stereocenters. The van der Waals surface area contributed by atoms with Gasteiger partial charge in [0.1, 0.15) is 5.75 Å². The van der Waals surface area contributed by atoms with Crippen LogP contribution in [0.3, 0.4) is 0 Å². The van der Waals surface area contributed by atoms with Crippen molar-refractivity contribution in [3.63, 3.8) is 0 Å². The highest BCUT2D eigenvalue weighted by atomic mass is 79.9. The quantitative estimate of drug-likeness (QED) is 0.805. The lowest BCUT2D eigenvalue weighted by molar-refractivity contribution is 0.0938. The van der Waals surface area contributed by atoms with Crippen LogP contribution in [0.4, 0.5) is 0 Å². The van der Waals surface area contributed by atoms with Crippen molar-refractivity contribution in [2.75, 3.05) is 14.2 Å². The van der Waals surface area contributed by atoms with Crippen LogP contribution in [0, 0.1) is 0 Å². The van der Waals surface area contributed by atoms with Crippen molar-refractivity contribution < 1.29 is 9.53 Å². The largest absolute Gasteiger partial charge is 0.496 e. The number of nitrogens with one attached hydrogen (secondary N) is 2. The number of methoxy groups -OCH3 is 1. The summed E-state index contributed by atoms with van der Waals surface area (Å²) in [4.78, 5) is 11.4. The van der Waals surface area contributed by atoms with Gasteiger partial charge in [-0.05, 0) is 34.1 Å². The number of benzene rings is 1. The van der Waals surface area contributed by atoms with E-state index in [0.717, 1.165) is 4.47 Å². The third-order valence-corrected chi connectivity index (χ3v) is 2.27. The van der Waals surface area contributed by atoms with Crippen molar-refractivity contribution in [2.45, 2.75) is 0 Å². The summed E-state index contributed by atoms with van der Waals surface area (Å²) in [5.74, 6) is 0.516. The van der Waals surface area contributed by atoms with E-state index in [1.165, 1.54) is 0 Å². The first-order chi connectivity index (χ1) is 6.69. The van der Waals surface area contributed by atoms with Crippen LogP contribution in [0.25, 0.3) is 0 Å². The van der Waals surface area contributed by atoms with Gasteiger partial charge < -0.3 is 4.74 Å². The number of amides is 1. The lowest BCUT2D eigenvalue weighted by Crippen LogP contribution is -2.34. The predicted molar refractivity (Wildman–Crippen MR) is 57.2 cm³/mol. The van der Waals surface area contributed by atoms with Gasteiger partial charge in [0.15, 0.2) is 0 Å². The molecule has 1 aromatic carbocycles. The molecule has 4 nitrogen and oxygen atoms in total. The molecule has 0 aliphatic heterocycles. The third-order valence-electron chi connectivity index (χ3n) is 1.65. The number of ether oxygens (including phenoxy) is 1. The van der Waals surface area contributed by atoms with E-state index in [0.29, 0.717) is 11.3 Å². The highest BCUT2D eigenvalue weighted by Gasteiger charge is 2.07. The van der Waals surface area contributed by atoms with Crippen molar-refractivity contribution in [1.29, 1.82) is 0 Å². The Morgan fingerprint density at radius 1 is 1.50 bits per heavy atom. The van der Waals surface area contributed by atoms with Crippen LogP contribution in [0.2, 0.25) is 0 Å². The Labute approximate surface area is 90.7 Å². The lowest BCUT2D eigenvalue weighted by Gasteiger charge is -2.06. The topological polar surface area (TPSA) is 50.4 Å². The molecule has 1 aromatic rings. The Morgan fingerprint density at radius 2 is 2.21 bits per heavy atom. The summed E-state index contributed by atoms with van der Waals surface area (Å²) in [5, 5.41) is 0. The third kappa shape index (κ3) is 2.46. The fourth-order valence-corrected chi connectivity index (χ4v) is 1.53. The zero-order valence-electron chi connectivity index (χ0n) is 7.93. The Kier molecular flexibility index (Phi) is 3.91. The minimum atomic E-state index is -0.184. The van der Waals surface area contributed by atoms with Gasteiger partial charge in [0.2, 0.25) is 0 Å². The Balaban J connectivity index is 2.91. The average molecular weight is 259 g/mol. The first-order valence-electron chi connectivity index (χ1n) is 3.99. The van der Waals surface area contributed by atoms with Gasteiger partial charge in [-0.15, -0.1) is 0 Å². The van der Waals surface area contributed by atoms with Crippen molar-refractivity contribution in [2.24, 2.45) is 0 Å². The Hall–Kier alpha value is -1.07. The SMILES string of the molecule is CNNC(=O)c1ccc(OC)c(Br)c1. The molecule has 1 amide bonds. The second kappa shape index (κ2) is 4.97. The number of hydrogen-bond donors (Lipinski definition) is 2. The van der Waals surface area contributed by atoms with E-state index in [1.807, 2.05) is 0 Å². The van der Waals surface area contributed by atoms with Crippen LogP contribution in [0.5, 0.6) is 5.75 Å². The van der Waals surface area contributed by atoms with Gasteiger partial charge in [0.25, 0.3) is 5.91 Å². The molecule has 0 atom stereocenters. The first-order valence-corrected chi connectivity index (χ1v) is 4.79. The Morgan fingerprint density at radius 3 is 2.71 bits per heavy atom. The normalized spacial score (nSPS) is 9.64. The second-order valence-electron chi connectivity index (χ2n) is 2.55. The predicted octanol–water partition coefficient (Wildman–Crippen LogP) is 1.32. The number of hydrazine groups is 1. The molecule has 0 heterocycles. The molecule has 0 radical (unpaired) electrons. The summed E-state index contributed by atoms with van der Waals surface area (Å²) < 4.78 is 5.80. The van der Waals surface area contributed by atoms with Crippen molar-refractivity contribution in [3.8, 4) is 5.75 Å². The summed E-state index contributed by atoms with van der Waals surface area (Å²) in [6.45, 7) is 0. The van der Waals surface area contributed by atoms with Gasteiger partial charge in [-0.3, -0.25) is 10.2 Å². The molecule has 0 saturated carbocycles. The molecule has 0 spiro atoms. The summed E-state index contributed by atoms with van der Waals surface area (Å²) in [7, 11) is 3.21. The fourth-order valence-electron chi connectivity index (χ4n) is 0.993. The van der Waals surface area contributed by atoms with E-state index in [1.54, 1.807) is 32.4 Å². The summed E-state index contributed by atoms with van der Waals surface area (Å²) in [5.41, 5.74) is 5.61. The number of carbonyl (C=O) groups excluding carboxylic acids is 1. The molecular weight excluding hydrogens is 248 g/mol. The maximum Gasteiger partial charge on any atom is 0.265 e. The Bertz CT molecular complexity index is 342. The van der Waals surface area contributed by atoms with Crippen molar-refractivity contribution in [3.05, 3.63) is 28.2 Å². The van der Waals surface area contributed by atoms with Gasteiger partial charge in [-0.1, -0.05) is 0 Å². The molecule has 1 rings (SSSR count). The van der Waals surface area contributed by atoms with E-state index in [9.17, 15) is 4.79 Å². The molecule has 0 aliphatic carbocycles. The average Bonchev–Trinajstić information content (AvgIpc) is 2.18. The summed E-state index contributed by atoms with van der Waals surface area (Å²) in [6.07, 6.45) is 0. The second-order valence-corrected chi connectivity index (χ2v) is 3.41. The molecule has 0 aromatic heterocycles. The van der Waals surface area contributed by atoms with E-state index < -0.39 is 0 Å². The molecule has 5 heteroatoms. The minimum Gasteiger partial charge on any atom is -0.496 e. The molecule has 0 fully saturated rings. The number of carbonyl (C=O) groups is 1. The monoisotopic (exact) mass is 258 g/mol. The van der Waals surface area contributed by atoms with Crippen LogP contribution in [-0.4, -0.2) is 20.1 Å². The number of halogens is 1. The van der Waals surface area contributed by atoms with E-state index >= 15 is 0 Å². The van der Waals surface area contributed by atoms with Gasteiger partial charge >= 0.3 is 0 Å². The van der Waals surface area contributed by atoms with Crippen LogP contribution < -0.4 is 15.6 Å². The van der Waals surface area contributed by atoms with Gasteiger partial charge in [-0.25, -0.2) is 5.43 Å². The molecule has 0 aliphatic rings. The van der Waals surface area contributed by atoms with Gasteiger partial charge in [-0.2, -0.15) is 0 Å². The van der Waals surface area contributed by atoms with Gasteiger partial charge in [0, 0.05) is 12.6 Å². The van der Waals surface area contributed by atoms with Crippen LogP contribution in [0.15, 0.2) is 22.7 Å². The zero-order valence-corrected chi connectivity index (χ0v) is 9.51. The number of hydrogen-bond acceptors (Lipinski definition) is 3. The van der Waals surface area contributed by atoms with Crippen molar-refractivity contribution in [1.82, 2.24) is 10.9 Å². The lowest BCUT2D eigenvalue weighted by atomic mass is 10.2. The first kappa shape index (κ1) is 11.0. The maximum atomic E-state index is 11.4. The molecule has 14 heavy (non-hydrogen) atoms. The molecule has 0 saturated heterocycles. The number of rotatable bonds is 3. The highest BCUT2D eigenvalue weighted by Crippen LogP contribution is 2.25. The fraction of sp³-hybridized carbons (Fsp3) is 0.222. The van der Waals surface area contributed by atoms with Crippen LogP contribution >= 0.6 is 15.9 Å². The highest BCUT2D eigenvalue weighted by molar-refractivity contribution is 9.10. The molecule has 0 bridgehead atoms. The van der Waals surface area contributed by atoms with E-state index in [-0.39, 0.29) is 5.91 Å². The van der Waals surface area contributed by atoms with E-state index in [2.05, 4.69) is 26.8 Å². The molecule has 76 valence electrons. The smallest absolute Gasteiger partial charge is 0.265 e. The van der Waals surface area contributed by atoms with Crippen molar-refractivity contribution >= 4 is 21.8 Å². The van der Waals surface area contributed by atoms with Crippen LogP contribution in [0.1, 0.15) is 10.4 Å². The zero-order chi connectivity index (χ0) is 10.6. The van der Waals surface area contributed by atoms with Gasteiger partial charge in [0.05, 0.1) is 11.6 Å². The standard InChI is InChI=1S/C9H11BrN2O2/c1-11-12-9(13)6-3-4-8(14-2)7(10)5-6/h3-5,11H,1-2H3,(H,12,13). The molecule has 2 N–H and O–H groups in total.